The van der Waals surface area contributed by atoms with Gasteiger partial charge in [-0.2, -0.15) is 0 Å². The average Bonchev–Trinajstić information content (AvgIpc) is 2.57. The van der Waals surface area contributed by atoms with Gasteiger partial charge in [0.15, 0.2) is 0 Å². The summed E-state index contributed by atoms with van der Waals surface area (Å²) in [6.07, 6.45) is 0. The summed E-state index contributed by atoms with van der Waals surface area (Å²) in [6, 6.07) is 4.97. The Morgan fingerprint density at radius 2 is 1.75 bits per heavy atom. The molecule has 108 valence electrons. The lowest BCUT2D eigenvalue weighted by Crippen LogP contribution is -2.41. The molecule has 0 bridgehead atoms. The highest BCUT2D eigenvalue weighted by Crippen LogP contribution is 2.36. The zero-order chi connectivity index (χ0) is 15.1. The third kappa shape index (κ3) is 2.41. The maximum Gasteiger partial charge on any atom is 0.495 e. The van der Waals surface area contributed by atoms with Crippen molar-refractivity contribution in [3.8, 4) is 0 Å². The summed E-state index contributed by atoms with van der Waals surface area (Å²) in [4.78, 5) is 11.9. The van der Waals surface area contributed by atoms with Crippen LogP contribution in [0.15, 0.2) is 18.2 Å². The molecule has 0 radical (unpaired) electrons. The van der Waals surface area contributed by atoms with Crippen molar-refractivity contribution < 1.29 is 18.8 Å². The summed E-state index contributed by atoms with van der Waals surface area (Å²) in [7, 11) is 0.699. The molecule has 0 saturated carbocycles. The number of hydrogen-bond acceptors (Lipinski definition) is 5. The first-order valence-electron chi connectivity index (χ1n) is 6.51. The van der Waals surface area contributed by atoms with Crippen LogP contribution in [0.3, 0.4) is 0 Å². The molecule has 0 aromatic heterocycles. The van der Waals surface area contributed by atoms with Crippen LogP contribution >= 0.6 is 0 Å². The number of carbonyl (C=O) groups excluding carboxylic acids is 1. The van der Waals surface area contributed by atoms with Crippen LogP contribution in [-0.2, 0) is 14.0 Å². The predicted molar refractivity (Wildman–Crippen MR) is 77.9 cm³/mol. The van der Waals surface area contributed by atoms with Crippen molar-refractivity contribution in [1.82, 2.24) is 0 Å². The summed E-state index contributed by atoms with van der Waals surface area (Å²) in [5.74, 6) is -0.435. The van der Waals surface area contributed by atoms with E-state index in [0.29, 0.717) is 16.7 Å². The Morgan fingerprint density at radius 3 is 2.25 bits per heavy atom. The van der Waals surface area contributed by atoms with Gasteiger partial charge in [0.2, 0.25) is 0 Å². The fourth-order valence-electron chi connectivity index (χ4n) is 2.04. The van der Waals surface area contributed by atoms with E-state index in [-0.39, 0.29) is 0 Å². The molecule has 0 aliphatic carbocycles. The lowest BCUT2D eigenvalue weighted by atomic mass is 9.75. The molecular weight excluding hydrogens is 257 g/mol. The van der Waals surface area contributed by atoms with Crippen molar-refractivity contribution in [2.45, 2.75) is 38.9 Å². The van der Waals surface area contributed by atoms with Crippen LogP contribution < -0.4 is 11.2 Å². The summed E-state index contributed by atoms with van der Waals surface area (Å²) in [5, 5.41) is 0. The zero-order valence-electron chi connectivity index (χ0n) is 12.5. The number of ether oxygens (including phenoxy) is 1. The number of methoxy groups -OCH3 is 1. The molecule has 0 spiro atoms. The van der Waals surface area contributed by atoms with E-state index in [1.54, 1.807) is 18.2 Å². The number of hydrogen-bond donors (Lipinski definition) is 1. The van der Waals surface area contributed by atoms with Crippen molar-refractivity contribution in [3.63, 3.8) is 0 Å². The van der Waals surface area contributed by atoms with Gasteiger partial charge in [0.1, 0.15) is 0 Å². The highest BCUT2D eigenvalue weighted by Gasteiger charge is 2.52. The van der Waals surface area contributed by atoms with Crippen molar-refractivity contribution in [1.29, 1.82) is 0 Å². The van der Waals surface area contributed by atoms with E-state index in [0.717, 1.165) is 0 Å². The Bertz CT molecular complexity index is 526. The van der Waals surface area contributed by atoms with Crippen LogP contribution in [0.5, 0.6) is 0 Å². The molecule has 0 atom stereocenters. The first kappa shape index (κ1) is 14.9. The first-order valence-corrected chi connectivity index (χ1v) is 6.51. The normalized spacial score (nSPS) is 19.9. The number of carbonyl (C=O) groups is 1. The summed E-state index contributed by atoms with van der Waals surface area (Å²) in [6.45, 7) is 7.82. The molecule has 1 aromatic carbocycles. The third-order valence-electron chi connectivity index (χ3n) is 3.99. The van der Waals surface area contributed by atoms with Gasteiger partial charge < -0.3 is 19.8 Å². The molecule has 1 heterocycles. The number of nitrogens with two attached hydrogens (primary N) is 1. The van der Waals surface area contributed by atoms with Gasteiger partial charge in [-0.05, 0) is 51.4 Å². The van der Waals surface area contributed by atoms with Gasteiger partial charge in [0, 0.05) is 5.69 Å². The van der Waals surface area contributed by atoms with Crippen LogP contribution in [0.25, 0.3) is 0 Å². The van der Waals surface area contributed by atoms with E-state index in [1.807, 2.05) is 27.7 Å². The Kier molecular flexibility index (Phi) is 3.56. The topological polar surface area (TPSA) is 70.8 Å². The Hall–Kier alpha value is -1.53. The van der Waals surface area contributed by atoms with Crippen LogP contribution in [-0.4, -0.2) is 31.4 Å². The van der Waals surface area contributed by atoms with Crippen LogP contribution in [0, 0.1) is 0 Å². The fraction of sp³-hybridized carbons (Fsp3) is 0.500. The molecule has 20 heavy (non-hydrogen) atoms. The van der Waals surface area contributed by atoms with E-state index in [4.69, 9.17) is 19.8 Å². The fourth-order valence-corrected chi connectivity index (χ4v) is 2.04. The van der Waals surface area contributed by atoms with E-state index in [9.17, 15) is 4.79 Å². The average molecular weight is 277 g/mol. The second-order valence-corrected chi connectivity index (χ2v) is 5.93. The van der Waals surface area contributed by atoms with E-state index >= 15 is 0 Å². The van der Waals surface area contributed by atoms with Gasteiger partial charge in [0.05, 0.1) is 23.9 Å². The van der Waals surface area contributed by atoms with E-state index in [1.165, 1.54) is 7.11 Å². The van der Waals surface area contributed by atoms with Crippen LogP contribution in [0.2, 0.25) is 0 Å². The lowest BCUT2D eigenvalue weighted by molar-refractivity contribution is 0.00578. The molecule has 0 amide bonds. The van der Waals surface area contributed by atoms with Crippen LogP contribution in [0.4, 0.5) is 5.69 Å². The number of nitrogen functional groups attached to an aromatic ring is 1. The van der Waals surface area contributed by atoms with Crippen molar-refractivity contribution >= 4 is 24.2 Å². The standard InChI is InChI=1S/C14H20BNO4/c1-13(2)14(3,4)20-15(19-13)11-8-9(16)6-7-10(11)12(17)18-5/h6-8H,16H2,1-5H3. The Balaban J connectivity index is 2.44. The molecule has 1 aliphatic heterocycles. The zero-order valence-corrected chi connectivity index (χ0v) is 12.5. The van der Waals surface area contributed by atoms with E-state index in [2.05, 4.69) is 0 Å². The minimum atomic E-state index is -0.641. The predicted octanol–water partition coefficient (Wildman–Crippen LogP) is 1.35. The van der Waals surface area contributed by atoms with Crippen molar-refractivity contribution in [2.75, 3.05) is 12.8 Å². The van der Waals surface area contributed by atoms with Gasteiger partial charge in [-0.25, -0.2) is 4.79 Å². The summed E-state index contributed by atoms with van der Waals surface area (Å²) in [5.41, 5.74) is 6.40. The first-order chi connectivity index (χ1) is 9.18. The highest BCUT2D eigenvalue weighted by molar-refractivity contribution is 6.63. The Labute approximate surface area is 119 Å². The molecular formula is C14H20BNO4. The molecule has 6 heteroatoms. The minimum Gasteiger partial charge on any atom is -0.465 e. The number of anilines is 1. The molecule has 1 aromatic rings. The SMILES string of the molecule is COC(=O)c1ccc(N)cc1B1OC(C)(C)C(C)(C)O1. The smallest absolute Gasteiger partial charge is 0.465 e. The van der Waals surface area contributed by atoms with Gasteiger partial charge in [-0.15, -0.1) is 0 Å². The second-order valence-electron chi connectivity index (χ2n) is 5.93. The number of rotatable bonds is 2. The molecule has 1 aliphatic rings. The van der Waals surface area contributed by atoms with E-state index < -0.39 is 24.3 Å². The summed E-state index contributed by atoms with van der Waals surface area (Å²) >= 11 is 0. The molecule has 5 nitrogen and oxygen atoms in total. The van der Waals surface area contributed by atoms with Crippen LogP contribution in [0.1, 0.15) is 38.1 Å². The second kappa shape index (κ2) is 4.79. The summed E-state index contributed by atoms with van der Waals surface area (Å²) < 4.78 is 16.7. The minimum absolute atomic E-state index is 0.403. The van der Waals surface area contributed by atoms with Crippen molar-refractivity contribution in [2.24, 2.45) is 0 Å². The number of esters is 1. The van der Waals surface area contributed by atoms with Gasteiger partial charge in [-0.1, -0.05) is 0 Å². The van der Waals surface area contributed by atoms with Gasteiger partial charge >= 0.3 is 13.1 Å². The molecule has 0 unspecified atom stereocenters. The third-order valence-corrected chi connectivity index (χ3v) is 3.99. The monoisotopic (exact) mass is 277 g/mol. The largest absolute Gasteiger partial charge is 0.495 e. The maximum atomic E-state index is 11.9. The quantitative estimate of drug-likeness (QED) is 0.502. The molecule has 2 N–H and O–H groups in total. The Morgan fingerprint density at radius 1 is 1.20 bits per heavy atom. The highest BCUT2D eigenvalue weighted by atomic mass is 16.7. The molecule has 2 rings (SSSR count). The van der Waals surface area contributed by atoms with Crippen molar-refractivity contribution in [3.05, 3.63) is 23.8 Å². The number of benzene rings is 1. The lowest BCUT2D eigenvalue weighted by Gasteiger charge is -2.32. The molecule has 1 fully saturated rings. The molecule has 1 saturated heterocycles. The van der Waals surface area contributed by atoms with Gasteiger partial charge in [0.25, 0.3) is 0 Å². The van der Waals surface area contributed by atoms with Gasteiger partial charge in [-0.3, -0.25) is 0 Å². The maximum absolute atomic E-state index is 11.9.